The summed E-state index contributed by atoms with van der Waals surface area (Å²) in [5, 5.41) is 19.8. The minimum atomic E-state index is -1.16. The maximum atomic E-state index is 17.0. The molecule has 10 nitrogen and oxygen atoms in total. The molecule has 0 radical (unpaired) electrons. The zero-order valence-electron chi connectivity index (χ0n) is 25.3. The van der Waals surface area contributed by atoms with Gasteiger partial charge in [-0.2, -0.15) is 15.1 Å². The van der Waals surface area contributed by atoms with Gasteiger partial charge in [-0.3, -0.25) is 15.0 Å². The number of β-amino-alcohol motifs (C(OH)–C–C–N with tert-alkyl or cyclic N) is 1. The van der Waals surface area contributed by atoms with Crippen LogP contribution in [0.5, 0.6) is 6.01 Å². The molecule has 0 unspecified atom stereocenters. The predicted molar refractivity (Wildman–Crippen MR) is 166 cm³/mol. The highest BCUT2D eigenvalue weighted by Crippen LogP contribution is 2.54. The minimum absolute atomic E-state index is 0.00233. The normalized spacial score (nSPS) is 30.3. The molecule has 6 heterocycles. The van der Waals surface area contributed by atoms with Crippen molar-refractivity contribution in [3.63, 3.8) is 0 Å². The van der Waals surface area contributed by atoms with Gasteiger partial charge in [0.2, 0.25) is 0 Å². The second kappa shape index (κ2) is 10.7. The fourth-order valence-electron chi connectivity index (χ4n) is 7.75. The number of aromatic amines is 1. The summed E-state index contributed by atoms with van der Waals surface area (Å²) in [4.78, 5) is 18.1. The highest BCUT2D eigenvalue weighted by molar-refractivity contribution is 6.33. The Hall–Kier alpha value is -3.19. The van der Waals surface area contributed by atoms with Crippen molar-refractivity contribution < 1.29 is 23.4 Å². The molecule has 4 aliphatic rings. The van der Waals surface area contributed by atoms with Crippen molar-refractivity contribution in [2.24, 2.45) is 5.92 Å². The molecule has 0 spiro atoms. The van der Waals surface area contributed by atoms with Gasteiger partial charge >= 0.3 is 6.01 Å². The lowest BCUT2D eigenvalue weighted by molar-refractivity contribution is -0.0123. The molecular weight excluding hydrogens is 604 g/mol. The SMILES string of the molecule is C[C@@H]1C[C@@H]1c1c(Cl)cc2[nH]ncc2c1-c1ncc2c(N3CCOC[C@@](C)(O)C3)nc(OC[C@@]34CCCN3C[C@H](F)C4)nc2c1F. The van der Waals surface area contributed by atoms with Crippen LogP contribution >= 0.6 is 11.6 Å². The minimum Gasteiger partial charge on any atom is -0.461 e. The van der Waals surface area contributed by atoms with Gasteiger partial charge in [0.15, 0.2) is 5.82 Å². The summed E-state index contributed by atoms with van der Waals surface area (Å²) in [6.45, 7) is 6.40. The first-order valence-corrected chi connectivity index (χ1v) is 16.1. The van der Waals surface area contributed by atoms with Crippen molar-refractivity contribution in [2.75, 3.05) is 50.9 Å². The van der Waals surface area contributed by atoms with E-state index in [-0.39, 0.29) is 42.9 Å². The van der Waals surface area contributed by atoms with Crippen molar-refractivity contribution in [1.82, 2.24) is 30.0 Å². The molecule has 1 aromatic carbocycles. The van der Waals surface area contributed by atoms with Gasteiger partial charge in [0.25, 0.3) is 0 Å². The second-order valence-electron chi connectivity index (χ2n) is 13.6. The van der Waals surface area contributed by atoms with Gasteiger partial charge in [0.1, 0.15) is 35.4 Å². The smallest absolute Gasteiger partial charge is 0.319 e. The molecule has 4 aromatic rings. The summed E-state index contributed by atoms with van der Waals surface area (Å²) in [7, 11) is 0. The summed E-state index contributed by atoms with van der Waals surface area (Å²) < 4.78 is 43.4. The molecule has 4 fully saturated rings. The summed E-state index contributed by atoms with van der Waals surface area (Å²) in [6, 6.07) is 1.83. The number of H-pyrrole nitrogens is 1. The van der Waals surface area contributed by atoms with Crippen LogP contribution in [0.25, 0.3) is 33.1 Å². The fourth-order valence-corrected chi connectivity index (χ4v) is 8.09. The molecular formula is C32H36ClF2N7O3. The Morgan fingerprint density at radius 3 is 2.91 bits per heavy atom. The molecule has 0 bridgehead atoms. The zero-order chi connectivity index (χ0) is 31.1. The summed E-state index contributed by atoms with van der Waals surface area (Å²) in [6.07, 6.45) is 5.48. The van der Waals surface area contributed by atoms with Crippen LogP contribution in [0.4, 0.5) is 14.6 Å². The van der Waals surface area contributed by atoms with Gasteiger partial charge in [0, 0.05) is 41.7 Å². The first-order chi connectivity index (χ1) is 21.6. The Morgan fingerprint density at radius 1 is 1.24 bits per heavy atom. The van der Waals surface area contributed by atoms with Crippen molar-refractivity contribution in [3.05, 3.63) is 34.9 Å². The van der Waals surface area contributed by atoms with Crippen molar-refractivity contribution in [2.45, 2.75) is 62.8 Å². The van der Waals surface area contributed by atoms with Gasteiger partial charge in [0.05, 0.1) is 42.4 Å². The highest BCUT2D eigenvalue weighted by atomic mass is 35.5. The number of hydrogen-bond acceptors (Lipinski definition) is 9. The maximum Gasteiger partial charge on any atom is 0.319 e. The number of aliphatic hydroxyl groups is 1. The third-order valence-electron chi connectivity index (χ3n) is 10.1. The molecule has 1 aliphatic carbocycles. The number of nitrogens with one attached hydrogen (secondary N) is 1. The summed E-state index contributed by atoms with van der Waals surface area (Å²) in [5.74, 6) is 0.366. The lowest BCUT2D eigenvalue weighted by Gasteiger charge is -2.31. The number of aromatic nitrogens is 5. The van der Waals surface area contributed by atoms with Crippen LogP contribution < -0.4 is 9.64 Å². The Bertz CT molecular complexity index is 1800. The molecule has 3 saturated heterocycles. The molecule has 45 heavy (non-hydrogen) atoms. The van der Waals surface area contributed by atoms with E-state index in [0.29, 0.717) is 59.3 Å². The summed E-state index contributed by atoms with van der Waals surface area (Å²) in [5.41, 5.74) is 0.745. The van der Waals surface area contributed by atoms with Crippen molar-refractivity contribution in [1.29, 1.82) is 0 Å². The lowest BCUT2D eigenvalue weighted by Crippen LogP contribution is -2.44. The van der Waals surface area contributed by atoms with E-state index in [4.69, 9.17) is 26.1 Å². The van der Waals surface area contributed by atoms with E-state index in [0.717, 1.165) is 36.8 Å². The maximum absolute atomic E-state index is 17.0. The molecule has 0 amide bonds. The molecule has 3 aromatic heterocycles. The molecule has 5 atom stereocenters. The molecule has 13 heteroatoms. The highest BCUT2D eigenvalue weighted by Gasteiger charge is 2.49. The van der Waals surface area contributed by atoms with Gasteiger partial charge < -0.3 is 19.5 Å². The van der Waals surface area contributed by atoms with Crippen LogP contribution in [0.1, 0.15) is 51.0 Å². The largest absolute Gasteiger partial charge is 0.461 e. The average molecular weight is 640 g/mol. The Morgan fingerprint density at radius 2 is 2.09 bits per heavy atom. The van der Waals surface area contributed by atoms with Crippen LogP contribution in [-0.4, -0.2) is 98.5 Å². The van der Waals surface area contributed by atoms with E-state index in [1.54, 1.807) is 19.3 Å². The van der Waals surface area contributed by atoms with E-state index in [2.05, 4.69) is 32.0 Å². The van der Waals surface area contributed by atoms with E-state index >= 15 is 4.39 Å². The Labute approximate surface area is 264 Å². The predicted octanol–water partition coefficient (Wildman–Crippen LogP) is 5.03. The number of ether oxygens (including phenoxy) is 2. The number of halogens is 3. The first-order valence-electron chi connectivity index (χ1n) is 15.7. The van der Waals surface area contributed by atoms with E-state index in [1.165, 1.54) is 0 Å². The van der Waals surface area contributed by atoms with E-state index < -0.39 is 23.1 Å². The van der Waals surface area contributed by atoms with E-state index in [1.807, 2.05) is 11.0 Å². The Kier molecular flexibility index (Phi) is 6.94. The van der Waals surface area contributed by atoms with E-state index in [9.17, 15) is 9.50 Å². The topological polar surface area (TPSA) is 113 Å². The lowest BCUT2D eigenvalue weighted by atomic mass is 9.95. The van der Waals surface area contributed by atoms with Gasteiger partial charge in [-0.25, -0.2) is 8.78 Å². The quantitative estimate of drug-likeness (QED) is 0.300. The third kappa shape index (κ3) is 5.01. The van der Waals surface area contributed by atoms with Crippen molar-refractivity contribution >= 4 is 39.2 Å². The zero-order valence-corrected chi connectivity index (χ0v) is 26.1. The van der Waals surface area contributed by atoms with Crippen LogP contribution in [0, 0.1) is 11.7 Å². The van der Waals surface area contributed by atoms with Gasteiger partial charge in [-0.1, -0.05) is 18.5 Å². The van der Waals surface area contributed by atoms with Crippen LogP contribution in [0.3, 0.4) is 0 Å². The average Bonchev–Trinajstić information content (AvgIpc) is 3.26. The van der Waals surface area contributed by atoms with Gasteiger partial charge in [-0.05, 0) is 56.2 Å². The molecule has 238 valence electrons. The Balaban J connectivity index is 1.28. The number of rotatable bonds is 6. The second-order valence-corrected chi connectivity index (χ2v) is 14.1. The van der Waals surface area contributed by atoms with Crippen LogP contribution in [-0.2, 0) is 4.74 Å². The number of alkyl halides is 1. The molecule has 2 N–H and O–H groups in total. The number of fused-ring (bicyclic) bond motifs is 3. The molecule has 1 saturated carbocycles. The standard InChI is InChI=1S/C32H36ClF2N7O3/c1-17-8-19(17)24-22(33)9-23-20(12-37-40-23)25(24)28-26(35)27-21(11-36-28)29(41-6-7-44-15-31(2,43)14-41)39-30(38-27)45-16-32-4-3-5-42(32)13-18(34)10-32/h9,11-12,17-19,43H,3-8,10,13-16H2,1-2H3,(H,37,40)/t17-,18-,19+,31+,32+/m1/s1. The number of nitrogens with zero attached hydrogens (tertiary/aromatic N) is 6. The van der Waals surface area contributed by atoms with Crippen LogP contribution in [0.15, 0.2) is 18.5 Å². The number of hydrogen-bond donors (Lipinski definition) is 2. The molecule has 3 aliphatic heterocycles. The number of benzene rings is 1. The van der Waals surface area contributed by atoms with Crippen molar-refractivity contribution in [3.8, 4) is 17.3 Å². The van der Waals surface area contributed by atoms with Gasteiger partial charge in [-0.15, -0.1) is 0 Å². The monoisotopic (exact) mass is 639 g/mol. The number of pyridine rings is 1. The molecule has 8 rings (SSSR count). The fraction of sp³-hybridized carbons (Fsp3) is 0.562. The van der Waals surface area contributed by atoms with Crippen LogP contribution in [0.2, 0.25) is 5.02 Å². The summed E-state index contributed by atoms with van der Waals surface area (Å²) >= 11 is 6.82. The third-order valence-corrected chi connectivity index (χ3v) is 10.4. The first kappa shape index (κ1) is 29.2. The number of anilines is 1.